The number of sulfonamides is 1. The zero-order chi connectivity index (χ0) is 20.9. The number of rotatable bonds is 7. The number of likely N-dealkylation sites (N-methyl/N-ethyl adjacent to an activating group) is 1. The first-order chi connectivity index (χ1) is 13.9. The summed E-state index contributed by atoms with van der Waals surface area (Å²) in [5, 5.41) is 2.83. The van der Waals surface area contributed by atoms with Gasteiger partial charge in [-0.25, -0.2) is 8.42 Å². The first-order valence-electron chi connectivity index (χ1n) is 9.59. The average molecular weight is 418 g/mol. The second-order valence-electron chi connectivity index (χ2n) is 7.25. The number of benzene rings is 2. The number of hydrogen-bond donors (Lipinski definition) is 1. The van der Waals surface area contributed by atoms with Crippen molar-refractivity contribution >= 4 is 21.6 Å². The highest BCUT2D eigenvalue weighted by molar-refractivity contribution is 7.89. The van der Waals surface area contributed by atoms with Crippen LogP contribution in [0.25, 0.3) is 0 Å². The topological polar surface area (TPSA) is 79.0 Å². The number of hydrogen-bond acceptors (Lipinski definition) is 5. The minimum atomic E-state index is -3.64. The first kappa shape index (κ1) is 21.4. The summed E-state index contributed by atoms with van der Waals surface area (Å²) < 4.78 is 32.2. The van der Waals surface area contributed by atoms with Crippen molar-refractivity contribution in [3.8, 4) is 0 Å². The van der Waals surface area contributed by atoms with E-state index < -0.39 is 10.0 Å². The highest BCUT2D eigenvalue weighted by Gasteiger charge is 2.26. The van der Waals surface area contributed by atoms with E-state index in [4.69, 9.17) is 4.74 Å². The fraction of sp³-hybridized carbons (Fsp3) is 0.381. The van der Waals surface area contributed by atoms with Gasteiger partial charge in [0.25, 0.3) is 5.91 Å². The van der Waals surface area contributed by atoms with Gasteiger partial charge in [-0.1, -0.05) is 18.2 Å². The van der Waals surface area contributed by atoms with Crippen molar-refractivity contribution < 1.29 is 17.9 Å². The fourth-order valence-electron chi connectivity index (χ4n) is 3.04. The van der Waals surface area contributed by atoms with Crippen LogP contribution in [-0.4, -0.2) is 70.5 Å². The molecule has 1 aliphatic heterocycles. The lowest BCUT2D eigenvalue weighted by Gasteiger charge is -2.26. The van der Waals surface area contributed by atoms with Crippen molar-refractivity contribution in [1.29, 1.82) is 0 Å². The van der Waals surface area contributed by atoms with Gasteiger partial charge in [0.05, 0.1) is 18.1 Å². The summed E-state index contributed by atoms with van der Waals surface area (Å²) in [5.41, 5.74) is 2.16. The lowest BCUT2D eigenvalue weighted by Crippen LogP contribution is -2.40. The first-order valence-corrected chi connectivity index (χ1v) is 11.0. The lowest BCUT2D eigenvalue weighted by atomic mass is 10.1. The summed E-state index contributed by atoms with van der Waals surface area (Å²) in [4.78, 5) is 14.9. The molecule has 0 saturated carbocycles. The molecule has 1 N–H and O–H groups in total. The van der Waals surface area contributed by atoms with Crippen LogP contribution in [0.15, 0.2) is 53.4 Å². The van der Waals surface area contributed by atoms with Crippen molar-refractivity contribution in [2.45, 2.75) is 11.3 Å². The van der Waals surface area contributed by atoms with Gasteiger partial charge < -0.3 is 15.0 Å². The number of nitrogens with one attached hydrogen (secondary N) is 1. The molecule has 0 aliphatic carbocycles. The Hall–Kier alpha value is -2.26. The van der Waals surface area contributed by atoms with E-state index in [1.807, 2.05) is 38.4 Å². The van der Waals surface area contributed by atoms with Gasteiger partial charge >= 0.3 is 0 Å². The summed E-state index contributed by atoms with van der Waals surface area (Å²) in [5.74, 6) is -0.343. The molecule has 2 aromatic carbocycles. The molecule has 2 aromatic rings. The van der Waals surface area contributed by atoms with Crippen molar-refractivity contribution in [3.05, 3.63) is 59.7 Å². The second kappa shape index (κ2) is 9.49. The summed E-state index contributed by atoms with van der Waals surface area (Å²) in [6.45, 7) is 2.35. The average Bonchev–Trinajstić information content (AvgIpc) is 2.74. The predicted molar refractivity (Wildman–Crippen MR) is 113 cm³/mol. The molecule has 3 rings (SSSR count). The minimum Gasteiger partial charge on any atom is -0.379 e. The lowest BCUT2D eigenvalue weighted by molar-refractivity contribution is 0.0730. The Bertz CT molecular complexity index is 937. The van der Waals surface area contributed by atoms with Gasteiger partial charge in [0.1, 0.15) is 0 Å². The molecule has 1 amide bonds. The van der Waals surface area contributed by atoms with E-state index in [1.54, 1.807) is 12.1 Å². The van der Waals surface area contributed by atoms with Crippen LogP contribution in [-0.2, 0) is 21.2 Å². The van der Waals surface area contributed by atoms with Crippen LogP contribution in [0.4, 0.5) is 5.69 Å². The maximum Gasteiger partial charge on any atom is 0.255 e. The molecular weight excluding hydrogens is 390 g/mol. The van der Waals surface area contributed by atoms with Crippen LogP contribution in [0.3, 0.4) is 0 Å². The largest absolute Gasteiger partial charge is 0.379 e. The predicted octanol–water partition coefficient (Wildman–Crippen LogP) is 2.06. The zero-order valence-electron chi connectivity index (χ0n) is 16.8. The van der Waals surface area contributed by atoms with E-state index in [1.165, 1.54) is 22.0 Å². The monoisotopic (exact) mass is 417 g/mol. The SMILES string of the molecule is CN(C)CCc1ccc(NC(=O)c2cccc(S(=O)(=O)N3CCOCC3)c2)cc1. The fourth-order valence-corrected chi connectivity index (χ4v) is 4.50. The quantitative estimate of drug-likeness (QED) is 0.746. The standard InChI is InChI=1S/C21H27N3O4S/c1-23(2)11-10-17-6-8-19(9-7-17)22-21(25)18-4-3-5-20(16-18)29(26,27)24-12-14-28-15-13-24/h3-9,16H,10-15H2,1-2H3,(H,22,25). The van der Waals surface area contributed by atoms with E-state index >= 15 is 0 Å². The number of nitrogens with zero attached hydrogens (tertiary/aromatic N) is 2. The van der Waals surface area contributed by atoms with Crippen LogP contribution in [0.2, 0.25) is 0 Å². The van der Waals surface area contributed by atoms with Crippen molar-refractivity contribution in [3.63, 3.8) is 0 Å². The Morgan fingerprint density at radius 3 is 2.45 bits per heavy atom. The van der Waals surface area contributed by atoms with Gasteiger partial charge in [0.2, 0.25) is 10.0 Å². The molecule has 0 radical (unpaired) electrons. The summed E-state index contributed by atoms with van der Waals surface area (Å²) in [7, 11) is 0.419. The molecule has 1 heterocycles. The van der Waals surface area contributed by atoms with Gasteiger partial charge in [-0.05, 0) is 56.4 Å². The van der Waals surface area contributed by atoms with Gasteiger partial charge in [0.15, 0.2) is 0 Å². The number of morpholine rings is 1. The van der Waals surface area contributed by atoms with Crippen LogP contribution < -0.4 is 5.32 Å². The third-order valence-corrected chi connectivity index (χ3v) is 6.66. The number of anilines is 1. The molecule has 29 heavy (non-hydrogen) atoms. The maximum absolute atomic E-state index is 12.8. The molecule has 0 bridgehead atoms. The molecule has 8 heteroatoms. The third-order valence-electron chi connectivity index (χ3n) is 4.76. The second-order valence-corrected chi connectivity index (χ2v) is 9.19. The third kappa shape index (κ3) is 5.63. The molecule has 1 saturated heterocycles. The molecule has 0 aromatic heterocycles. The molecule has 1 fully saturated rings. The van der Waals surface area contributed by atoms with Crippen LogP contribution >= 0.6 is 0 Å². The van der Waals surface area contributed by atoms with Crippen LogP contribution in [0, 0.1) is 0 Å². The van der Waals surface area contributed by atoms with Crippen LogP contribution in [0.1, 0.15) is 15.9 Å². The number of carbonyl (C=O) groups excluding carboxylic acids is 1. The van der Waals surface area contributed by atoms with Crippen molar-refractivity contribution in [1.82, 2.24) is 9.21 Å². The molecule has 0 spiro atoms. The summed E-state index contributed by atoms with van der Waals surface area (Å²) >= 11 is 0. The molecule has 156 valence electrons. The molecule has 0 unspecified atom stereocenters. The Balaban J connectivity index is 1.69. The highest BCUT2D eigenvalue weighted by Crippen LogP contribution is 2.19. The molecule has 0 atom stereocenters. The Labute approximate surface area is 172 Å². The van der Waals surface area contributed by atoms with E-state index in [2.05, 4.69) is 10.2 Å². The zero-order valence-corrected chi connectivity index (χ0v) is 17.6. The summed E-state index contributed by atoms with van der Waals surface area (Å²) in [6, 6.07) is 13.8. The van der Waals surface area contributed by atoms with Crippen molar-refractivity contribution in [2.75, 3.05) is 52.3 Å². The van der Waals surface area contributed by atoms with E-state index in [9.17, 15) is 13.2 Å². The smallest absolute Gasteiger partial charge is 0.255 e. The Kier molecular flexibility index (Phi) is 7.02. The van der Waals surface area contributed by atoms with Gasteiger partial charge in [-0.15, -0.1) is 0 Å². The number of amides is 1. The molecular formula is C21H27N3O4S. The Morgan fingerprint density at radius 1 is 1.10 bits per heavy atom. The van der Waals surface area contributed by atoms with Crippen LogP contribution in [0.5, 0.6) is 0 Å². The van der Waals surface area contributed by atoms with E-state index in [-0.39, 0.29) is 10.8 Å². The summed E-state index contributed by atoms with van der Waals surface area (Å²) in [6.07, 6.45) is 0.933. The maximum atomic E-state index is 12.8. The molecule has 7 nitrogen and oxygen atoms in total. The van der Waals surface area contributed by atoms with Gasteiger partial charge in [-0.2, -0.15) is 4.31 Å². The molecule has 1 aliphatic rings. The highest BCUT2D eigenvalue weighted by atomic mass is 32.2. The normalized spacial score (nSPS) is 15.4. The van der Waals surface area contributed by atoms with E-state index in [0.29, 0.717) is 37.6 Å². The minimum absolute atomic E-state index is 0.117. The Morgan fingerprint density at radius 2 is 1.79 bits per heavy atom. The van der Waals surface area contributed by atoms with Gasteiger partial charge in [0, 0.05) is 30.9 Å². The van der Waals surface area contributed by atoms with Crippen molar-refractivity contribution in [2.24, 2.45) is 0 Å². The van der Waals surface area contributed by atoms with E-state index in [0.717, 1.165) is 13.0 Å². The number of ether oxygens (including phenoxy) is 1. The number of carbonyl (C=O) groups is 1. The van der Waals surface area contributed by atoms with Gasteiger partial charge in [-0.3, -0.25) is 4.79 Å².